The van der Waals surface area contributed by atoms with Crippen LogP contribution in [0.2, 0.25) is 5.02 Å². The van der Waals surface area contributed by atoms with Gasteiger partial charge in [0.2, 0.25) is 5.91 Å². The van der Waals surface area contributed by atoms with Crippen molar-refractivity contribution < 1.29 is 18.7 Å². The number of nitrogens with zero attached hydrogens (tertiary/aromatic N) is 1. The molecule has 0 spiro atoms. The minimum atomic E-state index is -0.528. The standard InChI is InChI=1S/C14H13ClFNO3S/c1-2-20-14(19)6-13-17(12(18)8-21-13)7-9-10(15)4-3-5-11(9)16/h3-6H,2,7-8H2,1H3/b13-6-. The molecule has 4 nitrogen and oxygen atoms in total. The van der Waals surface area contributed by atoms with E-state index in [1.165, 1.54) is 34.9 Å². The largest absolute Gasteiger partial charge is 0.463 e. The lowest BCUT2D eigenvalue weighted by molar-refractivity contribution is -0.137. The zero-order valence-corrected chi connectivity index (χ0v) is 12.8. The molecule has 0 bridgehead atoms. The van der Waals surface area contributed by atoms with Crippen molar-refractivity contribution in [3.63, 3.8) is 0 Å². The number of rotatable bonds is 4. The summed E-state index contributed by atoms with van der Waals surface area (Å²) in [6.45, 7) is 1.93. The molecule has 1 amide bonds. The van der Waals surface area contributed by atoms with E-state index in [4.69, 9.17) is 16.3 Å². The average Bonchev–Trinajstić information content (AvgIpc) is 2.75. The fourth-order valence-corrected chi connectivity index (χ4v) is 2.98. The van der Waals surface area contributed by atoms with Crippen molar-refractivity contribution in [2.45, 2.75) is 13.5 Å². The van der Waals surface area contributed by atoms with Gasteiger partial charge in [0.05, 0.1) is 30.0 Å². The highest BCUT2D eigenvalue weighted by Crippen LogP contribution is 2.32. The molecule has 0 N–H and O–H groups in total. The minimum absolute atomic E-state index is 0.0113. The molecule has 0 saturated carbocycles. The molecule has 1 aliphatic rings. The Labute approximate surface area is 130 Å². The Morgan fingerprint density at radius 1 is 1.57 bits per heavy atom. The first kappa shape index (κ1) is 15.9. The van der Waals surface area contributed by atoms with Gasteiger partial charge in [-0.2, -0.15) is 0 Å². The number of carbonyl (C=O) groups is 2. The van der Waals surface area contributed by atoms with E-state index >= 15 is 0 Å². The number of hydrogen-bond acceptors (Lipinski definition) is 4. The lowest BCUT2D eigenvalue weighted by Crippen LogP contribution is -2.25. The van der Waals surface area contributed by atoms with Gasteiger partial charge < -0.3 is 9.64 Å². The van der Waals surface area contributed by atoms with Crippen molar-refractivity contribution in [3.05, 3.63) is 45.7 Å². The zero-order chi connectivity index (χ0) is 15.4. The number of thioether (sulfide) groups is 1. The summed E-state index contributed by atoms with van der Waals surface area (Å²) in [4.78, 5) is 24.7. The molecule has 1 saturated heterocycles. The van der Waals surface area contributed by atoms with Gasteiger partial charge >= 0.3 is 5.97 Å². The van der Waals surface area contributed by atoms with Crippen molar-refractivity contribution in [1.82, 2.24) is 4.90 Å². The third-order valence-electron chi connectivity index (χ3n) is 2.82. The first-order chi connectivity index (χ1) is 10.0. The third kappa shape index (κ3) is 3.77. The first-order valence-electron chi connectivity index (χ1n) is 6.27. The summed E-state index contributed by atoms with van der Waals surface area (Å²) in [7, 11) is 0. The van der Waals surface area contributed by atoms with Crippen LogP contribution in [0.5, 0.6) is 0 Å². The first-order valence-corrected chi connectivity index (χ1v) is 7.63. The van der Waals surface area contributed by atoms with Gasteiger partial charge in [-0.15, -0.1) is 0 Å². The molecule has 2 rings (SSSR count). The summed E-state index contributed by atoms with van der Waals surface area (Å²) in [6, 6.07) is 4.34. The van der Waals surface area contributed by atoms with Gasteiger partial charge in [-0.05, 0) is 19.1 Å². The van der Waals surface area contributed by atoms with Gasteiger partial charge in [-0.3, -0.25) is 4.79 Å². The molecule has 1 aromatic rings. The van der Waals surface area contributed by atoms with Crippen molar-refractivity contribution in [1.29, 1.82) is 0 Å². The van der Waals surface area contributed by atoms with E-state index in [0.717, 1.165) is 0 Å². The molecular weight excluding hydrogens is 317 g/mol. The number of hydrogen-bond donors (Lipinski definition) is 0. The van der Waals surface area contributed by atoms with Gasteiger partial charge in [0.15, 0.2) is 0 Å². The summed E-state index contributed by atoms with van der Waals surface area (Å²) < 4.78 is 18.6. The van der Waals surface area contributed by atoms with Crippen molar-refractivity contribution >= 4 is 35.2 Å². The highest BCUT2D eigenvalue weighted by molar-refractivity contribution is 8.04. The average molecular weight is 330 g/mol. The molecule has 1 aromatic carbocycles. The maximum Gasteiger partial charge on any atom is 0.333 e. The lowest BCUT2D eigenvalue weighted by atomic mass is 10.2. The van der Waals surface area contributed by atoms with E-state index in [0.29, 0.717) is 5.03 Å². The van der Waals surface area contributed by atoms with Crippen LogP contribution in [-0.4, -0.2) is 29.1 Å². The zero-order valence-electron chi connectivity index (χ0n) is 11.3. The molecule has 1 aliphatic heterocycles. The van der Waals surface area contributed by atoms with Crippen LogP contribution in [0.15, 0.2) is 29.3 Å². The number of ether oxygens (including phenoxy) is 1. The summed E-state index contributed by atoms with van der Waals surface area (Å²) in [5.41, 5.74) is 0.227. The van der Waals surface area contributed by atoms with E-state index in [-0.39, 0.29) is 35.4 Å². The molecule has 21 heavy (non-hydrogen) atoms. The fourth-order valence-electron chi connectivity index (χ4n) is 1.83. The fraction of sp³-hybridized carbons (Fsp3) is 0.286. The summed E-state index contributed by atoms with van der Waals surface area (Å²) in [5, 5.41) is 0.688. The molecule has 0 aliphatic carbocycles. The Hall–Kier alpha value is -1.53. The van der Waals surface area contributed by atoms with Crippen LogP contribution in [0.3, 0.4) is 0 Å². The molecule has 7 heteroatoms. The third-order valence-corrected chi connectivity index (χ3v) is 4.20. The molecule has 0 atom stereocenters. The molecule has 112 valence electrons. The van der Waals surface area contributed by atoms with Gasteiger partial charge in [-0.25, -0.2) is 9.18 Å². The normalized spacial score (nSPS) is 16.6. The van der Waals surface area contributed by atoms with Crippen molar-refractivity contribution in [3.8, 4) is 0 Å². The van der Waals surface area contributed by atoms with Crippen molar-refractivity contribution in [2.24, 2.45) is 0 Å². The predicted molar refractivity (Wildman–Crippen MR) is 79.1 cm³/mol. The van der Waals surface area contributed by atoms with Crippen molar-refractivity contribution in [2.75, 3.05) is 12.4 Å². The maximum absolute atomic E-state index is 13.8. The second-order valence-electron chi connectivity index (χ2n) is 4.20. The van der Waals surface area contributed by atoms with Gasteiger partial charge in [0, 0.05) is 10.6 Å². The molecular formula is C14H13ClFNO3S. The monoisotopic (exact) mass is 329 g/mol. The van der Waals surface area contributed by atoms with Crippen LogP contribution in [0, 0.1) is 5.82 Å². The number of carbonyl (C=O) groups excluding carboxylic acids is 2. The van der Waals surface area contributed by atoms with E-state index in [9.17, 15) is 14.0 Å². The van der Waals surface area contributed by atoms with Crippen LogP contribution in [0.25, 0.3) is 0 Å². The molecule has 0 radical (unpaired) electrons. The number of halogens is 2. The molecule has 1 fully saturated rings. The summed E-state index contributed by atoms with van der Waals surface area (Å²) in [5.74, 6) is -1.01. The van der Waals surface area contributed by atoms with Crippen LogP contribution in [0.4, 0.5) is 4.39 Å². The number of amides is 1. The Morgan fingerprint density at radius 2 is 2.33 bits per heavy atom. The Kier molecular flexibility index (Phi) is 5.25. The second kappa shape index (κ2) is 6.95. The molecule has 0 unspecified atom stereocenters. The van der Waals surface area contributed by atoms with Crippen LogP contribution in [-0.2, 0) is 20.9 Å². The van der Waals surface area contributed by atoms with Crippen LogP contribution >= 0.6 is 23.4 Å². The van der Waals surface area contributed by atoms with E-state index < -0.39 is 11.8 Å². The van der Waals surface area contributed by atoms with E-state index in [2.05, 4.69) is 0 Å². The Balaban J connectivity index is 2.24. The van der Waals surface area contributed by atoms with Gasteiger partial charge in [0.1, 0.15) is 5.82 Å². The van der Waals surface area contributed by atoms with Gasteiger partial charge in [0.25, 0.3) is 0 Å². The summed E-state index contributed by atoms with van der Waals surface area (Å²) in [6.07, 6.45) is 1.24. The predicted octanol–water partition coefficient (Wildman–Crippen LogP) is 2.96. The summed E-state index contributed by atoms with van der Waals surface area (Å²) >= 11 is 7.18. The highest BCUT2D eigenvalue weighted by atomic mass is 35.5. The smallest absolute Gasteiger partial charge is 0.333 e. The number of esters is 1. The SMILES string of the molecule is CCOC(=O)/C=C1\SCC(=O)N1Cc1c(F)cccc1Cl. The van der Waals surface area contributed by atoms with Crippen LogP contribution in [0.1, 0.15) is 12.5 Å². The Bertz CT molecular complexity index is 586. The van der Waals surface area contributed by atoms with Crippen LogP contribution < -0.4 is 0 Å². The van der Waals surface area contributed by atoms with Gasteiger partial charge in [-0.1, -0.05) is 29.4 Å². The number of benzene rings is 1. The van der Waals surface area contributed by atoms with E-state index in [1.54, 1.807) is 13.0 Å². The molecule has 1 heterocycles. The lowest BCUT2D eigenvalue weighted by Gasteiger charge is -2.18. The topological polar surface area (TPSA) is 46.6 Å². The highest BCUT2D eigenvalue weighted by Gasteiger charge is 2.28. The maximum atomic E-state index is 13.8. The quantitative estimate of drug-likeness (QED) is 0.629. The van der Waals surface area contributed by atoms with E-state index in [1.807, 2.05) is 0 Å². The Morgan fingerprint density at radius 3 is 3.00 bits per heavy atom. The molecule has 0 aromatic heterocycles. The minimum Gasteiger partial charge on any atom is -0.463 e. The second-order valence-corrected chi connectivity index (χ2v) is 5.61.